The first-order chi connectivity index (χ1) is 10.7. The lowest BCUT2D eigenvalue weighted by Gasteiger charge is -2.23. The van der Waals surface area contributed by atoms with Crippen molar-refractivity contribution in [3.8, 4) is 11.5 Å². The Hall–Kier alpha value is -2.37. The standard InChI is InChI=1S/C16H21N3O3/c1-11(12-7-8-14-15(9-12)22-10-21-14)18-19-16(20)17-13-5-3-2-4-6-13/h7-9,13,18H,1-6,10H2,(H2,17,19,20). The van der Waals surface area contributed by atoms with Crippen molar-refractivity contribution in [2.45, 2.75) is 38.1 Å². The molecule has 1 heterocycles. The molecule has 6 nitrogen and oxygen atoms in total. The molecule has 0 unspecified atom stereocenters. The van der Waals surface area contributed by atoms with Crippen LogP contribution in [0.1, 0.15) is 37.7 Å². The van der Waals surface area contributed by atoms with E-state index in [0.29, 0.717) is 11.4 Å². The molecule has 6 heteroatoms. The van der Waals surface area contributed by atoms with E-state index in [1.54, 1.807) is 0 Å². The number of rotatable bonds is 4. The van der Waals surface area contributed by atoms with Crippen molar-refractivity contribution in [3.63, 3.8) is 0 Å². The van der Waals surface area contributed by atoms with Gasteiger partial charge in [0.05, 0.1) is 5.70 Å². The largest absolute Gasteiger partial charge is 0.454 e. The lowest BCUT2D eigenvalue weighted by Crippen LogP contribution is -2.47. The van der Waals surface area contributed by atoms with Crippen molar-refractivity contribution >= 4 is 11.7 Å². The molecule has 1 saturated carbocycles. The van der Waals surface area contributed by atoms with Crippen molar-refractivity contribution < 1.29 is 14.3 Å². The highest BCUT2D eigenvalue weighted by Gasteiger charge is 2.16. The molecule has 0 aromatic heterocycles. The molecule has 1 fully saturated rings. The van der Waals surface area contributed by atoms with Gasteiger partial charge in [0.1, 0.15) is 0 Å². The lowest BCUT2D eigenvalue weighted by atomic mass is 9.96. The van der Waals surface area contributed by atoms with Crippen molar-refractivity contribution in [2.75, 3.05) is 6.79 Å². The van der Waals surface area contributed by atoms with E-state index in [1.165, 1.54) is 19.3 Å². The second-order valence-corrected chi connectivity index (χ2v) is 5.60. The van der Waals surface area contributed by atoms with Gasteiger partial charge in [0.15, 0.2) is 11.5 Å². The Morgan fingerprint density at radius 2 is 1.86 bits per heavy atom. The van der Waals surface area contributed by atoms with Crippen LogP contribution in [0.25, 0.3) is 5.70 Å². The fourth-order valence-corrected chi connectivity index (χ4v) is 2.76. The fraction of sp³-hybridized carbons (Fsp3) is 0.438. The van der Waals surface area contributed by atoms with Crippen molar-refractivity contribution in [2.24, 2.45) is 0 Å². The lowest BCUT2D eigenvalue weighted by molar-refractivity contribution is 0.174. The molecule has 2 amide bonds. The van der Waals surface area contributed by atoms with Crippen LogP contribution in [-0.2, 0) is 0 Å². The molecule has 3 rings (SSSR count). The van der Waals surface area contributed by atoms with E-state index in [2.05, 4.69) is 22.7 Å². The molecule has 1 aromatic rings. The van der Waals surface area contributed by atoms with Crippen LogP contribution in [0.15, 0.2) is 24.8 Å². The van der Waals surface area contributed by atoms with Gasteiger partial charge in [-0.3, -0.25) is 10.9 Å². The van der Waals surface area contributed by atoms with Gasteiger partial charge in [-0.1, -0.05) is 25.8 Å². The minimum Gasteiger partial charge on any atom is -0.454 e. The van der Waals surface area contributed by atoms with E-state index in [1.807, 2.05) is 18.2 Å². The normalized spacial score (nSPS) is 16.9. The first-order valence-electron chi connectivity index (χ1n) is 7.64. The van der Waals surface area contributed by atoms with E-state index >= 15 is 0 Å². The van der Waals surface area contributed by atoms with Crippen LogP contribution in [0.3, 0.4) is 0 Å². The molecule has 0 radical (unpaired) electrons. The third-order valence-corrected chi connectivity index (χ3v) is 3.99. The zero-order chi connectivity index (χ0) is 15.4. The molecule has 2 aliphatic rings. The number of hydrazine groups is 1. The maximum Gasteiger partial charge on any atom is 0.333 e. The third-order valence-electron chi connectivity index (χ3n) is 3.99. The van der Waals surface area contributed by atoms with Crippen LogP contribution >= 0.6 is 0 Å². The van der Waals surface area contributed by atoms with Crippen LogP contribution < -0.4 is 25.6 Å². The monoisotopic (exact) mass is 303 g/mol. The highest BCUT2D eigenvalue weighted by atomic mass is 16.7. The topological polar surface area (TPSA) is 71.6 Å². The summed E-state index contributed by atoms with van der Waals surface area (Å²) in [6, 6.07) is 5.57. The maximum absolute atomic E-state index is 11.9. The Labute approximate surface area is 129 Å². The number of benzene rings is 1. The minimum atomic E-state index is -0.228. The number of amides is 2. The molecule has 3 N–H and O–H groups in total. The summed E-state index contributed by atoms with van der Waals surface area (Å²) in [5, 5.41) is 2.97. The predicted octanol–water partition coefficient (Wildman–Crippen LogP) is 2.52. The van der Waals surface area contributed by atoms with E-state index in [-0.39, 0.29) is 18.9 Å². The number of ether oxygens (including phenoxy) is 2. The van der Waals surface area contributed by atoms with Crippen molar-refractivity contribution in [1.29, 1.82) is 0 Å². The van der Waals surface area contributed by atoms with Crippen LogP contribution in [0.5, 0.6) is 11.5 Å². The van der Waals surface area contributed by atoms with Crippen LogP contribution in [0.4, 0.5) is 4.79 Å². The van der Waals surface area contributed by atoms with E-state index in [0.717, 1.165) is 24.2 Å². The number of carbonyl (C=O) groups is 1. The van der Waals surface area contributed by atoms with Gasteiger partial charge in [-0.15, -0.1) is 0 Å². The number of urea groups is 1. The van der Waals surface area contributed by atoms with Gasteiger partial charge in [0, 0.05) is 11.6 Å². The molecule has 1 aliphatic carbocycles. The van der Waals surface area contributed by atoms with E-state index in [4.69, 9.17) is 9.47 Å². The Morgan fingerprint density at radius 1 is 1.09 bits per heavy atom. The molecular weight excluding hydrogens is 282 g/mol. The molecule has 0 atom stereocenters. The molecule has 0 saturated heterocycles. The van der Waals surface area contributed by atoms with Gasteiger partial charge in [-0.05, 0) is 31.0 Å². The van der Waals surface area contributed by atoms with Crippen molar-refractivity contribution in [3.05, 3.63) is 30.3 Å². The Morgan fingerprint density at radius 3 is 2.68 bits per heavy atom. The fourth-order valence-electron chi connectivity index (χ4n) is 2.76. The summed E-state index contributed by atoms with van der Waals surface area (Å²) in [4.78, 5) is 11.9. The summed E-state index contributed by atoms with van der Waals surface area (Å²) >= 11 is 0. The van der Waals surface area contributed by atoms with E-state index in [9.17, 15) is 4.79 Å². The Bertz CT molecular complexity index is 568. The SMILES string of the molecule is C=C(NNC(=O)NC1CCCCC1)c1ccc2c(c1)OCO2. The maximum atomic E-state index is 11.9. The van der Waals surface area contributed by atoms with Gasteiger partial charge < -0.3 is 14.8 Å². The number of nitrogens with one attached hydrogen (secondary N) is 3. The second-order valence-electron chi connectivity index (χ2n) is 5.60. The van der Waals surface area contributed by atoms with Gasteiger partial charge in [-0.25, -0.2) is 4.79 Å². The molecular formula is C16H21N3O3. The number of carbonyl (C=O) groups excluding carboxylic acids is 1. The van der Waals surface area contributed by atoms with Crippen LogP contribution in [0, 0.1) is 0 Å². The third kappa shape index (κ3) is 3.44. The number of hydrogen-bond donors (Lipinski definition) is 3. The predicted molar refractivity (Wildman–Crippen MR) is 83.3 cm³/mol. The summed E-state index contributed by atoms with van der Waals surface area (Å²) in [5.74, 6) is 1.41. The second kappa shape index (κ2) is 6.60. The molecule has 22 heavy (non-hydrogen) atoms. The quantitative estimate of drug-likeness (QED) is 0.747. The van der Waals surface area contributed by atoms with Crippen LogP contribution in [0.2, 0.25) is 0 Å². The van der Waals surface area contributed by atoms with Crippen molar-refractivity contribution in [1.82, 2.24) is 16.2 Å². The average Bonchev–Trinajstić information content (AvgIpc) is 3.01. The van der Waals surface area contributed by atoms with E-state index < -0.39 is 0 Å². The summed E-state index contributed by atoms with van der Waals surface area (Å²) in [6.07, 6.45) is 5.73. The average molecular weight is 303 g/mol. The minimum absolute atomic E-state index is 0.228. The molecule has 1 aromatic carbocycles. The zero-order valence-corrected chi connectivity index (χ0v) is 12.5. The van der Waals surface area contributed by atoms with Crippen LogP contribution in [-0.4, -0.2) is 18.9 Å². The smallest absolute Gasteiger partial charge is 0.333 e. The molecule has 1 aliphatic heterocycles. The molecule has 0 spiro atoms. The molecule has 118 valence electrons. The van der Waals surface area contributed by atoms with Gasteiger partial charge in [0.25, 0.3) is 0 Å². The van der Waals surface area contributed by atoms with Gasteiger partial charge in [-0.2, -0.15) is 0 Å². The summed E-state index contributed by atoms with van der Waals surface area (Å²) in [6.45, 7) is 4.16. The number of fused-ring (bicyclic) bond motifs is 1. The summed E-state index contributed by atoms with van der Waals surface area (Å²) < 4.78 is 10.6. The Balaban J connectivity index is 1.48. The first kappa shape index (κ1) is 14.6. The highest BCUT2D eigenvalue weighted by molar-refractivity contribution is 5.76. The number of hydrogen-bond acceptors (Lipinski definition) is 4. The first-order valence-corrected chi connectivity index (χ1v) is 7.64. The van der Waals surface area contributed by atoms with Gasteiger partial charge in [0.2, 0.25) is 6.79 Å². The summed E-state index contributed by atoms with van der Waals surface area (Å²) in [7, 11) is 0. The van der Waals surface area contributed by atoms with Gasteiger partial charge >= 0.3 is 6.03 Å². The zero-order valence-electron chi connectivity index (χ0n) is 12.5. The Kier molecular flexibility index (Phi) is 4.37. The highest BCUT2D eigenvalue weighted by Crippen LogP contribution is 2.33. The molecule has 0 bridgehead atoms. The summed E-state index contributed by atoms with van der Waals surface area (Å²) in [5.41, 5.74) is 6.88.